The summed E-state index contributed by atoms with van der Waals surface area (Å²) in [5.74, 6) is 0.529. The Labute approximate surface area is 890 Å². The average Bonchev–Trinajstić information content (AvgIpc) is 1.77. The molecular weight excluding hydrogens is 1880 g/mol. The Bertz CT molecular complexity index is 6430. The van der Waals surface area contributed by atoms with Crippen molar-refractivity contribution in [2.45, 2.75) is 170 Å². The maximum atomic E-state index is 12.5. The summed E-state index contributed by atoms with van der Waals surface area (Å²) >= 11 is 3.69. The molecule has 0 radical (unpaired) electrons. The summed E-state index contributed by atoms with van der Waals surface area (Å²) < 4.78 is 27.8. The van der Waals surface area contributed by atoms with Crippen LogP contribution in [0.1, 0.15) is 230 Å². The fraction of sp³-hybridized carbons (Fsp3) is 0.265. The Morgan fingerprint density at radius 1 is 0.471 bits per heavy atom. The molecule has 1 amide bonds. The summed E-state index contributed by atoms with van der Waals surface area (Å²) in [5, 5.41) is 80.0. The molecule has 6 unspecified atom stereocenters. The minimum Gasteiger partial charge on any atom is -1.00 e. The molecular formula is C102H104BrK2N17O16. The standard InChI is InChI=1S/C21H18N4O3.C13H13N3O2.2C13H15N3.C10H11Br.C10H12O.C10H10O.C8H5NO4.C3H3N3O2.CH2O3.2K.H/c26-21(17-11-20(28-24-17)19-9-4-10-27-19)23-15-12-22-25(13-15)18-8-3-6-14-5-1-2-7-16(14)18;17-16(18)11-8-14-15(9-11)13-7-3-5-10-4-1-2-6-12(10)13;2*14-11-8-15-16(9-11)13-7-3-5-10-4-1-2-6-12(10)13;3*11-10-7-3-5-8-4-1-2-6-9(8)10;10-8(11)5-4-7(13-9-5)6-2-1-3-12-6;7-6(8)3-1-4-5-2-3;2-1-4-3;;;/h1-2,4-5,7,9-13,18H,3,6,8H2,(H,23,26);1-2,4,6,8-9,13H,3,5,7H2;2*1-2,4,6,8-9,13H,3,5,7,14H2;1-2,4,6,10H,3,5,7H2;1-2,4,6,10-11H,3,5,7H2;1-2,4,6H,3,5,7H2;1-4H,(H,10,11);1-2H,(H,4,5);1,3H;;;/q;;;;;;;;;;2*+1;-1/p-1. The summed E-state index contributed by atoms with van der Waals surface area (Å²) in [6.45, 7) is -0.181. The zero-order valence-electron chi connectivity index (χ0n) is 77.4. The van der Waals surface area contributed by atoms with E-state index in [4.69, 9.17) is 44.5 Å². The minimum absolute atomic E-state index is 0. The number of carbonyl (C=O) groups excluding carboxylic acids is 3. The number of aromatic amines is 1. The second-order valence-corrected chi connectivity index (χ2v) is 34.1. The van der Waals surface area contributed by atoms with E-state index in [1.54, 1.807) is 53.6 Å². The number of aliphatic hydroxyl groups excluding tert-OH is 1. The molecule has 36 heteroatoms. The van der Waals surface area contributed by atoms with Crippen molar-refractivity contribution in [3.05, 3.63) is 390 Å². The van der Waals surface area contributed by atoms with Gasteiger partial charge in [-0.05, 0) is 225 Å². The van der Waals surface area contributed by atoms with Crippen molar-refractivity contribution >= 4 is 68.5 Å². The number of alkyl halides is 1. The molecule has 6 atom stereocenters. The van der Waals surface area contributed by atoms with Crippen molar-refractivity contribution in [1.82, 2.24) is 59.6 Å². The van der Waals surface area contributed by atoms with Crippen LogP contribution in [0.2, 0.25) is 0 Å². The second kappa shape index (κ2) is 53.0. The number of aromatic carboxylic acids is 1. The number of nitrogens with one attached hydrogen (secondary N) is 2. The predicted octanol–water partition coefficient (Wildman–Crippen LogP) is 14.0. The molecule has 8 N–H and O–H groups in total. The SMILES string of the molecule is BrC1CCCc2ccccc21.Nc1cnn(C2CCCc3ccccc32)c1.Nc1cnn(C2CCCc3ccccc32)c1.O=C(Nc1cnn(C2CCCc3ccccc32)c1)c1cc(-c2ccco2)on1.O=C(O)c1cc(-c2ccco2)on1.O=C1CCCc2ccccc21.O=CO[O-].O=[N+]([O-])c1cn[nH]c1.O=[N+]([O-])c1cnn(C2CCCc3ccccc32)c1.OC1CCCc2ccccc21.[H-].[K+].[K+]. The zero-order valence-corrected chi connectivity index (χ0v) is 84.2. The van der Waals surface area contributed by atoms with Crippen LogP contribution in [0.15, 0.2) is 299 Å². The van der Waals surface area contributed by atoms with Crippen LogP contribution in [-0.4, -0.2) is 104 Å². The summed E-state index contributed by atoms with van der Waals surface area (Å²) in [4.78, 5) is 65.6. The number of nitro groups is 2. The van der Waals surface area contributed by atoms with Gasteiger partial charge in [-0.1, -0.05) is 196 Å². The number of benzene rings is 7. The van der Waals surface area contributed by atoms with Gasteiger partial charge in [0.15, 0.2) is 28.7 Å². The van der Waals surface area contributed by atoms with Gasteiger partial charge in [0.05, 0.1) is 94.5 Å². The number of H-pyrrole nitrogens is 1. The Kier molecular flexibility index (Phi) is 40.2. The van der Waals surface area contributed by atoms with Crippen LogP contribution in [0.5, 0.6) is 0 Å². The van der Waals surface area contributed by atoms with Crippen LogP contribution in [-0.2, 0) is 54.6 Å². The van der Waals surface area contributed by atoms with Gasteiger partial charge in [0.1, 0.15) is 18.6 Å². The number of carbonyl (C=O) groups is 4. The van der Waals surface area contributed by atoms with E-state index in [1.807, 2.05) is 87.2 Å². The van der Waals surface area contributed by atoms with E-state index in [1.165, 1.54) is 149 Å². The number of carboxylic acids is 1. The molecule has 0 fully saturated rings. The first kappa shape index (κ1) is 105. The molecule has 0 bridgehead atoms. The van der Waals surface area contributed by atoms with E-state index in [-0.39, 0.29) is 158 Å². The maximum Gasteiger partial charge on any atom is 1.00 e. The molecule has 0 aliphatic heterocycles. The number of fused-ring (bicyclic) bond motifs is 7. The normalized spacial score (nSPS) is 16.7. The van der Waals surface area contributed by atoms with Gasteiger partial charge in [-0.2, -0.15) is 25.5 Å². The molecule has 138 heavy (non-hydrogen) atoms. The van der Waals surface area contributed by atoms with E-state index in [2.05, 4.69) is 182 Å². The maximum absolute atomic E-state index is 12.5. The van der Waals surface area contributed by atoms with Crippen molar-refractivity contribution in [3.8, 4) is 23.0 Å². The first-order chi connectivity index (χ1) is 66.3. The van der Waals surface area contributed by atoms with Crippen molar-refractivity contribution in [1.29, 1.82) is 0 Å². The van der Waals surface area contributed by atoms with Crippen LogP contribution >= 0.6 is 15.9 Å². The van der Waals surface area contributed by atoms with Gasteiger partial charge in [-0.15, -0.1) is 0 Å². The van der Waals surface area contributed by atoms with E-state index in [0.29, 0.717) is 51.4 Å². The molecule has 9 aromatic heterocycles. The number of hydrogen-bond acceptors (Lipinski definition) is 24. The van der Waals surface area contributed by atoms with Gasteiger partial charge < -0.3 is 56.4 Å². The van der Waals surface area contributed by atoms with E-state index in [9.17, 15) is 39.7 Å². The topological polar surface area (TPSA) is 470 Å². The fourth-order valence-electron chi connectivity index (χ4n) is 17.6. The number of aryl methyl sites for hydroxylation is 7. The number of aliphatic hydroxyl groups is 1. The largest absolute Gasteiger partial charge is 1.00 e. The van der Waals surface area contributed by atoms with E-state index in [0.717, 1.165) is 119 Å². The summed E-state index contributed by atoms with van der Waals surface area (Å²) in [6, 6.07) is 69.5. The number of halogens is 1. The third-order valence-corrected chi connectivity index (χ3v) is 25.0. The monoisotopic (exact) mass is 1980 g/mol. The van der Waals surface area contributed by atoms with Crippen LogP contribution in [0, 0.1) is 20.2 Å². The minimum atomic E-state index is -1.12. The number of amides is 1. The number of nitrogen functional groups attached to an aromatic ring is 2. The predicted molar refractivity (Wildman–Crippen MR) is 510 cm³/mol. The quantitative estimate of drug-likeness (QED) is 0.0165. The van der Waals surface area contributed by atoms with Gasteiger partial charge >= 0.3 is 120 Å². The zero-order chi connectivity index (χ0) is 95.1. The molecule has 0 saturated carbocycles. The first-order valence-electron chi connectivity index (χ1n) is 45.0. The van der Waals surface area contributed by atoms with Gasteiger partial charge in [0.25, 0.3) is 12.4 Å². The molecule has 7 aromatic carbocycles. The Hall–Kier alpha value is -12.3. The number of rotatable bonds is 12. The molecule has 23 rings (SSSR count). The molecule has 7 aliphatic carbocycles. The fourth-order valence-corrected chi connectivity index (χ4v) is 18.4. The van der Waals surface area contributed by atoms with Crippen molar-refractivity contribution in [2.75, 3.05) is 16.8 Å². The average molecular weight is 1980 g/mol. The molecule has 7 aliphatic rings. The molecule has 16 aromatic rings. The van der Waals surface area contributed by atoms with Crippen molar-refractivity contribution < 1.29 is 171 Å². The van der Waals surface area contributed by atoms with Gasteiger partial charge in [0, 0.05) is 47.5 Å². The number of carboxylic acid groups (broad SMARTS) is 1. The van der Waals surface area contributed by atoms with E-state index >= 15 is 0 Å². The van der Waals surface area contributed by atoms with Crippen LogP contribution in [0.4, 0.5) is 28.4 Å². The number of hydrogen-bond donors (Lipinski definition) is 6. The first-order valence-corrected chi connectivity index (χ1v) is 45.9. The summed E-state index contributed by atoms with van der Waals surface area (Å²) in [5.41, 5.74) is 32.2. The van der Waals surface area contributed by atoms with Crippen molar-refractivity contribution in [3.63, 3.8) is 0 Å². The Balaban J connectivity index is 0.000000152. The molecule has 33 nitrogen and oxygen atoms in total. The summed E-state index contributed by atoms with van der Waals surface area (Å²) in [7, 11) is 0. The second-order valence-electron chi connectivity index (χ2n) is 33.0. The number of aromatic nitrogens is 12. The van der Waals surface area contributed by atoms with Gasteiger partial charge in [0.2, 0.25) is 11.5 Å². The smallest absolute Gasteiger partial charge is 1.00 e. The number of nitrogens with zero attached hydrogens (tertiary/aromatic N) is 13. The number of furan rings is 2. The van der Waals surface area contributed by atoms with Crippen LogP contribution in [0.25, 0.3) is 23.0 Å². The number of anilines is 3. The Morgan fingerprint density at radius 3 is 1.25 bits per heavy atom. The number of ketones is 1. The molecule has 0 spiro atoms. The third-order valence-electron chi connectivity index (χ3n) is 24.1. The van der Waals surface area contributed by atoms with Crippen LogP contribution in [0.3, 0.4) is 0 Å². The number of nitrogens with two attached hydrogens (primary N) is 2. The van der Waals surface area contributed by atoms with Gasteiger partial charge in [-0.3, -0.25) is 58.4 Å². The third kappa shape index (κ3) is 28.7. The Morgan fingerprint density at radius 2 is 0.855 bits per heavy atom. The summed E-state index contributed by atoms with van der Waals surface area (Å²) in [6.07, 6.45) is 42.2. The van der Waals surface area contributed by atoms with Crippen molar-refractivity contribution in [2.24, 2.45) is 0 Å². The molecule has 9 heterocycles. The molecule has 0 saturated heterocycles. The number of Topliss-reactive ketones (excluding diaryl/α,β-unsaturated/α-hetero) is 1. The van der Waals surface area contributed by atoms with Gasteiger partial charge in [-0.25, -0.2) is 4.79 Å². The molecule has 702 valence electrons. The van der Waals surface area contributed by atoms with Crippen LogP contribution < -0.4 is 125 Å². The van der Waals surface area contributed by atoms with E-state index < -0.39 is 15.8 Å².